The Morgan fingerprint density at radius 3 is 2.41 bits per heavy atom. The van der Waals surface area contributed by atoms with Gasteiger partial charge in [-0.15, -0.1) is 0 Å². The van der Waals surface area contributed by atoms with Crippen LogP contribution in [0.1, 0.15) is 30.7 Å². The number of hydrogen-bond acceptors (Lipinski definition) is 6. The van der Waals surface area contributed by atoms with E-state index in [2.05, 4.69) is 10.6 Å². The number of amides is 5. The maximum Gasteiger partial charge on any atom is 0.407 e. The minimum absolute atomic E-state index is 0.0253. The second-order valence-electron chi connectivity index (χ2n) is 9.01. The van der Waals surface area contributed by atoms with E-state index in [0.717, 1.165) is 12.1 Å². The number of ether oxygens (including phenoxy) is 1. The van der Waals surface area contributed by atoms with Crippen molar-refractivity contribution < 1.29 is 32.7 Å². The Bertz CT molecular complexity index is 990. The summed E-state index contributed by atoms with van der Waals surface area (Å²) >= 11 is 0. The smallest absolute Gasteiger partial charge is 0.407 e. The molecule has 4 rings (SSSR count). The number of imide groups is 1. The van der Waals surface area contributed by atoms with Crippen molar-refractivity contribution in [2.24, 2.45) is 0 Å². The summed E-state index contributed by atoms with van der Waals surface area (Å²) in [7, 11) is 3.32. The van der Waals surface area contributed by atoms with E-state index in [0.29, 0.717) is 38.3 Å². The second-order valence-corrected chi connectivity index (χ2v) is 9.01. The summed E-state index contributed by atoms with van der Waals surface area (Å²) in [5, 5.41) is 4.83. The highest BCUT2D eigenvalue weighted by Crippen LogP contribution is 2.33. The molecule has 2 atom stereocenters. The number of rotatable bonds is 4. The molecule has 0 aliphatic carbocycles. The lowest BCUT2D eigenvalue weighted by Crippen LogP contribution is -2.59. The Morgan fingerprint density at radius 2 is 1.79 bits per heavy atom. The van der Waals surface area contributed by atoms with Crippen molar-refractivity contribution in [3.63, 3.8) is 0 Å². The van der Waals surface area contributed by atoms with Crippen molar-refractivity contribution in [1.29, 1.82) is 0 Å². The van der Waals surface area contributed by atoms with E-state index in [9.17, 15) is 28.0 Å². The summed E-state index contributed by atoms with van der Waals surface area (Å²) in [5.74, 6) is -3.91. The van der Waals surface area contributed by atoms with Crippen molar-refractivity contribution in [1.82, 2.24) is 20.4 Å². The standard InChI is InChI=1S/C22H27F2N5O5/c1-27(2)22(33)28-6-5-14(11-28)34-21(32)25-12-9-29(10-12)13-7-16(23)19(17(24)8-13)15-3-4-18(30)26-20(15)31/h7-8,12,14-15H,3-6,9-11H2,1-2H3,(H,25,32)(H,26,30,31)/t14-,15?/m1/s1. The van der Waals surface area contributed by atoms with Gasteiger partial charge in [0.15, 0.2) is 0 Å². The van der Waals surface area contributed by atoms with Crippen molar-refractivity contribution >= 4 is 29.6 Å². The zero-order valence-corrected chi connectivity index (χ0v) is 19.0. The van der Waals surface area contributed by atoms with Crippen LogP contribution < -0.4 is 15.5 Å². The van der Waals surface area contributed by atoms with Crippen LogP contribution in [0.2, 0.25) is 0 Å². The summed E-state index contributed by atoms with van der Waals surface area (Å²) in [4.78, 5) is 52.2. The van der Waals surface area contributed by atoms with E-state index >= 15 is 0 Å². The number of carbonyl (C=O) groups is 4. The monoisotopic (exact) mass is 479 g/mol. The highest BCUT2D eigenvalue weighted by molar-refractivity contribution is 6.01. The Kier molecular flexibility index (Phi) is 6.58. The van der Waals surface area contributed by atoms with Crippen LogP contribution in [-0.4, -0.2) is 86.2 Å². The summed E-state index contributed by atoms with van der Waals surface area (Å²) in [5.41, 5.74) is -0.0445. The highest BCUT2D eigenvalue weighted by atomic mass is 19.1. The van der Waals surface area contributed by atoms with Crippen molar-refractivity contribution in [3.8, 4) is 0 Å². The molecule has 2 N–H and O–H groups in total. The topological polar surface area (TPSA) is 111 Å². The van der Waals surface area contributed by atoms with Crippen LogP contribution in [0.3, 0.4) is 0 Å². The van der Waals surface area contributed by atoms with Crippen molar-refractivity contribution in [2.75, 3.05) is 45.2 Å². The van der Waals surface area contributed by atoms with Crippen LogP contribution in [0.15, 0.2) is 12.1 Å². The Labute approximate surface area is 195 Å². The molecule has 0 spiro atoms. The molecule has 1 aromatic carbocycles. The average Bonchev–Trinajstić information content (AvgIpc) is 3.18. The van der Waals surface area contributed by atoms with Gasteiger partial charge in [-0.2, -0.15) is 0 Å². The normalized spacial score (nSPS) is 22.8. The van der Waals surface area contributed by atoms with Gasteiger partial charge in [0.05, 0.1) is 18.5 Å². The first-order valence-electron chi connectivity index (χ1n) is 11.1. The third-order valence-electron chi connectivity index (χ3n) is 6.29. The van der Waals surface area contributed by atoms with Gasteiger partial charge in [0.1, 0.15) is 17.7 Å². The van der Waals surface area contributed by atoms with Gasteiger partial charge in [-0.05, 0) is 18.6 Å². The lowest BCUT2D eigenvalue weighted by molar-refractivity contribution is -0.134. The number of nitrogens with zero attached hydrogens (tertiary/aromatic N) is 3. The van der Waals surface area contributed by atoms with Crippen LogP contribution in [0.5, 0.6) is 0 Å². The molecule has 34 heavy (non-hydrogen) atoms. The van der Waals surface area contributed by atoms with Crippen LogP contribution in [0.25, 0.3) is 0 Å². The first-order chi connectivity index (χ1) is 16.1. The maximum absolute atomic E-state index is 14.7. The molecule has 0 saturated carbocycles. The van der Waals surface area contributed by atoms with Crippen molar-refractivity contribution in [2.45, 2.75) is 37.3 Å². The Balaban J connectivity index is 1.27. The van der Waals surface area contributed by atoms with Gasteiger partial charge in [0.25, 0.3) is 0 Å². The van der Waals surface area contributed by atoms with E-state index in [1.807, 2.05) is 0 Å². The zero-order valence-electron chi connectivity index (χ0n) is 19.0. The number of hydrogen-bond donors (Lipinski definition) is 2. The molecule has 0 bridgehead atoms. The van der Waals surface area contributed by atoms with E-state index in [1.165, 1.54) is 4.90 Å². The van der Waals surface area contributed by atoms with Gasteiger partial charge in [-0.1, -0.05) is 0 Å². The lowest BCUT2D eigenvalue weighted by atomic mass is 9.89. The molecular formula is C22H27F2N5O5. The number of halogens is 2. The molecule has 3 heterocycles. The molecule has 0 radical (unpaired) electrons. The molecule has 1 unspecified atom stereocenters. The predicted octanol–water partition coefficient (Wildman–Crippen LogP) is 1.16. The highest BCUT2D eigenvalue weighted by Gasteiger charge is 2.35. The van der Waals surface area contributed by atoms with Crippen molar-refractivity contribution in [3.05, 3.63) is 29.3 Å². The number of carbonyl (C=O) groups excluding carboxylic acids is 4. The molecular weight excluding hydrogens is 452 g/mol. The third-order valence-corrected chi connectivity index (χ3v) is 6.29. The molecule has 3 aliphatic heterocycles. The van der Waals surface area contributed by atoms with Gasteiger partial charge in [-0.25, -0.2) is 18.4 Å². The fourth-order valence-electron chi connectivity index (χ4n) is 4.47. The third kappa shape index (κ3) is 4.90. The molecule has 5 amide bonds. The van der Waals surface area contributed by atoms with Gasteiger partial charge < -0.3 is 24.8 Å². The number of anilines is 1. The van der Waals surface area contributed by atoms with Crippen LogP contribution in [0, 0.1) is 11.6 Å². The molecule has 1 aromatic rings. The van der Waals surface area contributed by atoms with E-state index in [4.69, 9.17) is 4.74 Å². The minimum Gasteiger partial charge on any atom is -0.444 e. The molecule has 3 fully saturated rings. The van der Waals surface area contributed by atoms with Gasteiger partial charge in [0, 0.05) is 57.8 Å². The summed E-state index contributed by atoms with van der Waals surface area (Å²) in [6.07, 6.45) is -0.348. The lowest BCUT2D eigenvalue weighted by Gasteiger charge is -2.41. The molecule has 0 aromatic heterocycles. The fourth-order valence-corrected chi connectivity index (χ4v) is 4.47. The fraction of sp³-hybridized carbons (Fsp3) is 0.545. The Morgan fingerprint density at radius 1 is 1.12 bits per heavy atom. The van der Waals surface area contributed by atoms with E-state index < -0.39 is 35.5 Å². The summed E-state index contributed by atoms with van der Waals surface area (Å²) in [6.45, 7) is 1.51. The molecule has 3 saturated heterocycles. The number of benzene rings is 1. The number of likely N-dealkylation sites (tertiary alicyclic amines) is 1. The SMILES string of the molecule is CN(C)C(=O)N1CC[C@@H](OC(=O)NC2CN(c3cc(F)c(C4CCC(=O)NC4=O)c(F)c3)C2)C1. The largest absolute Gasteiger partial charge is 0.444 e. The van der Waals surface area contributed by atoms with E-state index in [-0.39, 0.29) is 36.6 Å². The first kappa shape index (κ1) is 23.7. The zero-order chi connectivity index (χ0) is 24.6. The van der Waals surface area contributed by atoms with Gasteiger partial charge in [0.2, 0.25) is 11.8 Å². The minimum atomic E-state index is -1.05. The Hall–Kier alpha value is -3.44. The quantitative estimate of drug-likeness (QED) is 0.627. The van der Waals surface area contributed by atoms with Gasteiger partial charge in [-0.3, -0.25) is 14.9 Å². The van der Waals surface area contributed by atoms with Crippen LogP contribution in [-0.2, 0) is 14.3 Å². The van der Waals surface area contributed by atoms with Crippen LogP contribution in [0.4, 0.5) is 24.1 Å². The number of nitrogens with one attached hydrogen (secondary N) is 2. The molecule has 10 nitrogen and oxygen atoms in total. The second kappa shape index (κ2) is 9.43. The number of urea groups is 1. The van der Waals surface area contributed by atoms with E-state index in [1.54, 1.807) is 23.9 Å². The molecule has 3 aliphatic rings. The molecule has 184 valence electrons. The van der Waals surface area contributed by atoms with Crippen LogP contribution >= 0.6 is 0 Å². The molecule has 12 heteroatoms. The van der Waals surface area contributed by atoms with Gasteiger partial charge >= 0.3 is 12.1 Å². The summed E-state index contributed by atoms with van der Waals surface area (Å²) < 4.78 is 34.8. The summed E-state index contributed by atoms with van der Waals surface area (Å²) in [6, 6.07) is 1.93. The predicted molar refractivity (Wildman–Crippen MR) is 116 cm³/mol. The first-order valence-corrected chi connectivity index (χ1v) is 11.1. The number of piperidine rings is 1. The average molecular weight is 479 g/mol. The maximum atomic E-state index is 14.7. The number of alkyl carbamates (subject to hydrolysis) is 1.